The van der Waals surface area contributed by atoms with E-state index >= 15 is 0 Å². The summed E-state index contributed by atoms with van der Waals surface area (Å²) in [6.07, 6.45) is 0. The summed E-state index contributed by atoms with van der Waals surface area (Å²) in [6.45, 7) is 5.04. The Morgan fingerprint density at radius 1 is 1.15 bits per heavy atom. The molecule has 0 radical (unpaired) electrons. The lowest BCUT2D eigenvalue weighted by Gasteiger charge is -2.18. The number of nitrogens with zero attached hydrogens (tertiary/aromatic N) is 1. The highest BCUT2D eigenvalue weighted by atomic mass is 32.2. The molecular weight excluding hydrogens is 348 g/mol. The first kappa shape index (κ1) is 18.3. The molecule has 0 saturated heterocycles. The molecule has 6 heteroatoms. The van der Waals surface area contributed by atoms with E-state index in [2.05, 4.69) is 29.6 Å². The van der Waals surface area contributed by atoms with Crippen LogP contribution in [0.25, 0.3) is 0 Å². The van der Waals surface area contributed by atoms with E-state index in [4.69, 9.17) is 9.47 Å². The van der Waals surface area contributed by atoms with Crippen molar-refractivity contribution in [1.82, 2.24) is 5.43 Å². The average Bonchev–Trinajstić information content (AvgIpc) is 2.67. The van der Waals surface area contributed by atoms with Crippen LogP contribution in [-0.4, -0.2) is 30.6 Å². The number of hydrogen-bond acceptors (Lipinski definition) is 5. The summed E-state index contributed by atoms with van der Waals surface area (Å²) < 4.78 is 11.1. The molecular formula is C20H22N2O3S. The van der Waals surface area contributed by atoms with Gasteiger partial charge in [-0.05, 0) is 43.2 Å². The van der Waals surface area contributed by atoms with E-state index in [0.29, 0.717) is 24.7 Å². The summed E-state index contributed by atoms with van der Waals surface area (Å²) >= 11 is 1.58. The lowest BCUT2D eigenvalue weighted by molar-refractivity contribution is -0.118. The SMILES string of the molecule is C/C(=N/NC(=O)CSCc1ccccc1C)c1ccc2c(c1)OCCO2. The number of thioether (sulfide) groups is 1. The van der Waals surface area contributed by atoms with Crippen molar-refractivity contribution < 1.29 is 14.3 Å². The maximum absolute atomic E-state index is 12.0. The molecule has 3 rings (SSSR count). The number of benzene rings is 2. The maximum atomic E-state index is 12.0. The second kappa shape index (κ2) is 8.76. The van der Waals surface area contributed by atoms with Crippen molar-refractivity contribution in [1.29, 1.82) is 0 Å². The van der Waals surface area contributed by atoms with E-state index < -0.39 is 0 Å². The Morgan fingerprint density at radius 3 is 2.73 bits per heavy atom. The van der Waals surface area contributed by atoms with Gasteiger partial charge in [-0.2, -0.15) is 5.10 Å². The smallest absolute Gasteiger partial charge is 0.250 e. The second-order valence-electron chi connectivity index (χ2n) is 6.01. The molecule has 0 unspecified atom stereocenters. The van der Waals surface area contributed by atoms with Crippen LogP contribution in [0.2, 0.25) is 0 Å². The molecule has 1 aliphatic heterocycles. The lowest BCUT2D eigenvalue weighted by Crippen LogP contribution is -2.21. The molecule has 0 spiro atoms. The standard InChI is InChI=1S/C20H22N2O3S/c1-14-5-3-4-6-17(14)12-26-13-20(23)22-21-15(2)16-7-8-18-19(11-16)25-10-9-24-18/h3-8,11H,9-10,12-13H2,1-2H3,(H,22,23)/b21-15-. The van der Waals surface area contributed by atoms with Gasteiger partial charge in [0, 0.05) is 11.3 Å². The zero-order valence-corrected chi connectivity index (χ0v) is 15.8. The first-order chi connectivity index (χ1) is 12.6. The number of rotatable bonds is 6. The topological polar surface area (TPSA) is 59.9 Å². The highest BCUT2D eigenvalue weighted by Crippen LogP contribution is 2.30. The van der Waals surface area contributed by atoms with Gasteiger partial charge in [0.15, 0.2) is 11.5 Å². The molecule has 1 N–H and O–H groups in total. The molecule has 1 aliphatic rings. The molecule has 0 atom stereocenters. The van der Waals surface area contributed by atoms with Crippen molar-refractivity contribution in [3.63, 3.8) is 0 Å². The van der Waals surface area contributed by atoms with Crippen LogP contribution in [0, 0.1) is 6.92 Å². The van der Waals surface area contributed by atoms with Gasteiger partial charge in [-0.3, -0.25) is 4.79 Å². The summed E-state index contributed by atoms with van der Waals surface area (Å²) in [4.78, 5) is 12.0. The van der Waals surface area contributed by atoms with Crippen LogP contribution in [0.4, 0.5) is 0 Å². The van der Waals surface area contributed by atoms with E-state index in [0.717, 1.165) is 22.8 Å². The van der Waals surface area contributed by atoms with Gasteiger partial charge in [0.2, 0.25) is 5.91 Å². The molecule has 1 heterocycles. The molecule has 0 fully saturated rings. The van der Waals surface area contributed by atoms with Crippen molar-refractivity contribution in [2.75, 3.05) is 19.0 Å². The monoisotopic (exact) mass is 370 g/mol. The second-order valence-corrected chi connectivity index (χ2v) is 7.00. The van der Waals surface area contributed by atoms with Gasteiger partial charge in [0.25, 0.3) is 0 Å². The summed E-state index contributed by atoms with van der Waals surface area (Å²) in [5.74, 6) is 2.52. The zero-order chi connectivity index (χ0) is 18.4. The number of nitrogens with one attached hydrogen (secondary N) is 1. The predicted molar refractivity (Wildman–Crippen MR) is 105 cm³/mol. The molecule has 1 amide bonds. The van der Waals surface area contributed by atoms with Gasteiger partial charge in [-0.25, -0.2) is 5.43 Å². The number of carbonyl (C=O) groups excluding carboxylic acids is 1. The summed E-state index contributed by atoms with van der Waals surface area (Å²) in [6, 6.07) is 13.9. The van der Waals surface area contributed by atoms with Gasteiger partial charge >= 0.3 is 0 Å². The highest BCUT2D eigenvalue weighted by Gasteiger charge is 2.12. The van der Waals surface area contributed by atoms with Crippen LogP contribution in [0.15, 0.2) is 47.6 Å². The van der Waals surface area contributed by atoms with Crippen LogP contribution >= 0.6 is 11.8 Å². The zero-order valence-electron chi connectivity index (χ0n) is 15.0. The first-order valence-electron chi connectivity index (χ1n) is 8.49. The summed E-state index contributed by atoms with van der Waals surface area (Å²) in [5, 5.41) is 4.19. The molecule has 2 aromatic carbocycles. The Bertz CT molecular complexity index is 820. The fourth-order valence-corrected chi connectivity index (χ4v) is 3.43. The minimum absolute atomic E-state index is 0.111. The number of hydrazone groups is 1. The minimum Gasteiger partial charge on any atom is -0.486 e. The fourth-order valence-electron chi connectivity index (χ4n) is 2.54. The quantitative estimate of drug-likeness (QED) is 0.624. The van der Waals surface area contributed by atoms with Gasteiger partial charge in [-0.1, -0.05) is 24.3 Å². The van der Waals surface area contributed by atoms with Gasteiger partial charge in [0.1, 0.15) is 13.2 Å². The van der Waals surface area contributed by atoms with Crippen molar-refractivity contribution in [2.24, 2.45) is 5.10 Å². The fraction of sp³-hybridized carbons (Fsp3) is 0.300. The van der Waals surface area contributed by atoms with Crippen LogP contribution in [0.3, 0.4) is 0 Å². The molecule has 0 aromatic heterocycles. The normalized spacial score (nSPS) is 13.4. The number of aryl methyl sites for hydroxylation is 1. The third kappa shape index (κ3) is 4.79. The van der Waals surface area contributed by atoms with Crippen LogP contribution in [0.1, 0.15) is 23.6 Å². The Balaban J connectivity index is 1.50. The third-order valence-corrected chi connectivity index (χ3v) is 5.04. The van der Waals surface area contributed by atoms with Crippen molar-refractivity contribution in [2.45, 2.75) is 19.6 Å². The molecule has 5 nitrogen and oxygen atoms in total. The predicted octanol–water partition coefficient (Wildman–Crippen LogP) is 3.54. The van der Waals surface area contributed by atoms with E-state index in [1.54, 1.807) is 11.8 Å². The van der Waals surface area contributed by atoms with Gasteiger partial charge in [0.05, 0.1) is 11.5 Å². The molecule has 26 heavy (non-hydrogen) atoms. The van der Waals surface area contributed by atoms with E-state index in [1.807, 2.05) is 37.3 Å². The summed E-state index contributed by atoms with van der Waals surface area (Å²) in [5.41, 5.74) is 6.72. The molecule has 0 bridgehead atoms. The van der Waals surface area contributed by atoms with Crippen molar-refractivity contribution in [3.05, 3.63) is 59.2 Å². The van der Waals surface area contributed by atoms with Crippen molar-refractivity contribution in [3.8, 4) is 11.5 Å². The van der Waals surface area contributed by atoms with Crippen molar-refractivity contribution >= 4 is 23.4 Å². The van der Waals surface area contributed by atoms with Crippen LogP contribution in [0.5, 0.6) is 11.5 Å². The number of ether oxygens (including phenoxy) is 2. The van der Waals surface area contributed by atoms with Gasteiger partial charge < -0.3 is 9.47 Å². The number of hydrogen-bond donors (Lipinski definition) is 1. The Labute approximate surface area is 157 Å². The summed E-state index contributed by atoms with van der Waals surface area (Å²) in [7, 11) is 0. The largest absolute Gasteiger partial charge is 0.486 e. The number of amides is 1. The molecule has 136 valence electrons. The Hall–Kier alpha value is -2.47. The maximum Gasteiger partial charge on any atom is 0.250 e. The van der Waals surface area contributed by atoms with E-state index in [9.17, 15) is 4.79 Å². The Morgan fingerprint density at radius 2 is 1.92 bits per heavy atom. The minimum atomic E-state index is -0.111. The first-order valence-corrected chi connectivity index (χ1v) is 9.64. The number of carbonyl (C=O) groups is 1. The Kier molecular flexibility index (Phi) is 6.17. The van der Waals surface area contributed by atoms with E-state index in [-0.39, 0.29) is 5.91 Å². The molecule has 2 aromatic rings. The average molecular weight is 370 g/mol. The number of fused-ring (bicyclic) bond motifs is 1. The van der Waals surface area contributed by atoms with Gasteiger partial charge in [-0.15, -0.1) is 11.8 Å². The molecule has 0 saturated carbocycles. The molecule has 0 aliphatic carbocycles. The van der Waals surface area contributed by atoms with Crippen LogP contribution < -0.4 is 14.9 Å². The highest BCUT2D eigenvalue weighted by molar-refractivity contribution is 7.99. The third-order valence-electron chi connectivity index (χ3n) is 4.06. The van der Waals surface area contributed by atoms with Crippen LogP contribution in [-0.2, 0) is 10.5 Å². The van der Waals surface area contributed by atoms with E-state index in [1.165, 1.54) is 11.1 Å². The lowest BCUT2D eigenvalue weighted by atomic mass is 10.1.